The SMILES string of the molecule is COC(=O)c1[nH]c2ccccc2c(=O)c1Nc1cccnc1. The summed E-state index contributed by atoms with van der Waals surface area (Å²) in [5.41, 5.74) is 1.12. The molecule has 2 heterocycles. The maximum atomic E-state index is 12.7. The molecule has 2 N–H and O–H groups in total. The lowest BCUT2D eigenvalue weighted by molar-refractivity contribution is 0.0595. The smallest absolute Gasteiger partial charge is 0.356 e. The van der Waals surface area contributed by atoms with Crippen molar-refractivity contribution in [1.82, 2.24) is 9.97 Å². The average molecular weight is 295 g/mol. The van der Waals surface area contributed by atoms with Gasteiger partial charge < -0.3 is 15.0 Å². The Labute approximate surface area is 125 Å². The van der Waals surface area contributed by atoms with Gasteiger partial charge in [0.25, 0.3) is 0 Å². The number of hydrogen-bond acceptors (Lipinski definition) is 5. The van der Waals surface area contributed by atoms with Crippen LogP contribution in [0, 0.1) is 0 Å². The van der Waals surface area contributed by atoms with E-state index in [0.29, 0.717) is 16.6 Å². The molecule has 2 aromatic heterocycles. The summed E-state index contributed by atoms with van der Waals surface area (Å²) in [6, 6.07) is 10.5. The highest BCUT2D eigenvalue weighted by molar-refractivity contribution is 5.98. The molecule has 0 unspecified atom stereocenters. The van der Waals surface area contributed by atoms with Gasteiger partial charge >= 0.3 is 5.97 Å². The number of anilines is 2. The molecule has 1 aromatic carbocycles. The number of carbonyl (C=O) groups excluding carboxylic acids is 1. The number of methoxy groups -OCH3 is 1. The molecule has 0 aliphatic carbocycles. The van der Waals surface area contributed by atoms with Crippen LogP contribution in [0.3, 0.4) is 0 Å². The second-order valence-corrected chi connectivity index (χ2v) is 4.61. The van der Waals surface area contributed by atoms with Gasteiger partial charge in [-0.2, -0.15) is 0 Å². The fraction of sp³-hybridized carbons (Fsp3) is 0.0625. The molecule has 0 radical (unpaired) electrons. The number of carbonyl (C=O) groups is 1. The molecule has 110 valence electrons. The summed E-state index contributed by atoms with van der Waals surface area (Å²) in [4.78, 5) is 31.6. The van der Waals surface area contributed by atoms with Crippen LogP contribution in [0.15, 0.2) is 53.6 Å². The Hall–Kier alpha value is -3.15. The average Bonchev–Trinajstić information content (AvgIpc) is 2.57. The van der Waals surface area contributed by atoms with Gasteiger partial charge in [-0.15, -0.1) is 0 Å². The molecule has 6 heteroatoms. The summed E-state index contributed by atoms with van der Waals surface area (Å²) in [6.07, 6.45) is 3.19. The minimum atomic E-state index is -0.616. The van der Waals surface area contributed by atoms with Crippen LogP contribution in [0.25, 0.3) is 10.9 Å². The first-order valence-corrected chi connectivity index (χ1v) is 6.61. The molecule has 6 nitrogen and oxygen atoms in total. The van der Waals surface area contributed by atoms with E-state index in [0.717, 1.165) is 0 Å². The minimum absolute atomic E-state index is 0.0788. The number of nitrogens with one attached hydrogen (secondary N) is 2. The van der Waals surface area contributed by atoms with Crippen molar-refractivity contribution >= 4 is 28.2 Å². The third-order valence-electron chi connectivity index (χ3n) is 3.23. The molecule has 3 rings (SSSR count). The molecule has 0 saturated carbocycles. The number of esters is 1. The molecule has 0 aliphatic rings. The minimum Gasteiger partial charge on any atom is -0.464 e. The topological polar surface area (TPSA) is 84.1 Å². The van der Waals surface area contributed by atoms with Crippen LogP contribution < -0.4 is 10.7 Å². The summed E-state index contributed by atoms with van der Waals surface area (Å²) in [5, 5.41) is 3.43. The van der Waals surface area contributed by atoms with Crippen LogP contribution in [-0.2, 0) is 4.74 Å². The van der Waals surface area contributed by atoms with Crippen LogP contribution in [0.4, 0.5) is 11.4 Å². The Balaban J connectivity index is 2.23. The van der Waals surface area contributed by atoms with Crippen LogP contribution in [0.2, 0.25) is 0 Å². The maximum absolute atomic E-state index is 12.7. The Morgan fingerprint density at radius 3 is 2.77 bits per heavy atom. The molecule has 0 amide bonds. The van der Waals surface area contributed by atoms with E-state index in [1.54, 1.807) is 48.8 Å². The quantitative estimate of drug-likeness (QED) is 0.725. The zero-order valence-electron chi connectivity index (χ0n) is 11.8. The number of ether oxygens (including phenoxy) is 1. The van der Waals surface area contributed by atoms with Gasteiger partial charge in [-0.1, -0.05) is 12.1 Å². The monoisotopic (exact) mass is 295 g/mol. The molecule has 0 aliphatic heterocycles. The van der Waals surface area contributed by atoms with Gasteiger partial charge in [0.05, 0.1) is 24.5 Å². The largest absolute Gasteiger partial charge is 0.464 e. The highest BCUT2D eigenvalue weighted by atomic mass is 16.5. The number of aromatic nitrogens is 2. The van der Waals surface area contributed by atoms with Crippen molar-refractivity contribution in [1.29, 1.82) is 0 Å². The Kier molecular flexibility index (Phi) is 3.57. The molecule has 0 fully saturated rings. The summed E-state index contributed by atoms with van der Waals surface area (Å²) in [5.74, 6) is -0.616. The number of hydrogen-bond donors (Lipinski definition) is 2. The normalized spacial score (nSPS) is 10.4. The van der Waals surface area contributed by atoms with Crippen molar-refractivity contribution in [3.63, 3.8) is 0 Å². The first-order chi connectivity index (χ1) is 10.7. The predicted octanol–water partition coefficient (Wildman–Crippen LogP) is 2.45. The van der Waals surface area contributed by atoms with E-state index in [4.69, 9.17) is 4.74 Å². The zero-order chi connectivity index (χ0) is 15.5. The van der Waals surface area contributed by atoms with Crippen LogP contribution in [-0.4, -0.2) is 23.0 Å². The van der Waals surface area contributed by atoms with Crippen molar-refractivity contribution in [2.45, 2.75) is 0 Å². The summed E-state index contributed by atoms with van der Waals surface area (Å²) in [7, 11) is 1.27. The van der Waals surface area contributed by atoms with Crippen molar-refractivity contribution in [2.75, 3.05) is 12.4 Å². The van der Waals surface area contributed by atoms with Crippen molar-refractivity contribution in [3.05, 3.63) is 64.7 Å². The van der Waals surface area contributed by atoms with Crippen molar-refractivity contribution in [2.24, 2.45) is 0 Å². The molecular formula is C16H13N3O3. The van der Waals surface area contributed by atoms with E-state index >= 15 is 0 Å². The fourth-order valence-electron chi connectivity index (χ4n) is 2.19. The van der Waals surface area contributed by atoms with Gasteiger partial charge in [-0.25, -0.2) is 4.79 Å². The summed E-state index contributed by atoms with van der Waals surface area (Å²) in [6.45, 7) is 0. The highest BCUT2D eigenvalue weighted by Gasteiger charge is 2.18. The van der Waals surface area contributed by atoms with Gasteiger partial charge in [0.2, 0.25) is 5.43 Å². The van der Waals surface area contributed by atoms with Crippen LogP contribution in [0.5, 0.6) is 0 Å². The van der Waals surface area contributed by atoms with Gasteiger partial charge in [-0.05, 0) is 24.3 Å². The zero-order valence-corrected chi connectivity index (χ0v) is 11.8. The number of para-hydroxylation sites is 1. The standard InChI is InChI=1S/C16H13N3O3/c1-22-16(21)14-13(18-10-5-4-8-17-9-10)15(20)11-6-2-3-7-12(11)19-14/h2-9,18H,1H3,(H,19,20). The molecule has 0 saturated heterocycles. The highest BCUT2D eigenvalue weighted by Crippen LogP contribution is 2.19. The molecule has 0 spiro atoms. The van der Waals surface area contributed by atoms with Crippen LogP contribution in [0.1, 0.15) is 10.5 Å². The van der Waals surface area contributed by atoms with Gasteiger partial charge in [0.1, 0.15) is 5.69 Å². The van der Waals surface area contributed by atoms with E-state index in [1.807, 2.05) is 0 Å². The molecule has 0 atom stereocenters. The van der Waals surface area contributed by atoms with E-state index < -0.39 is 5.97 Å². The lowest BCUT2D eigenvalue weighted by atomic mass is 10.1. The number of rotatable bonds is 3. The number of pyridine rings is 2. The number of nitrogens with zero attached hydrogens (tertiary/aromatic N) is 1. The Morgan fingerprint density at radius 2 is 2.05 bits per heavy atom. The fourth-order valence-corrected chi connectivity index (χ4v) is 2.19. The first-order valence-electron chi connectivity index (χ1n) is 6.61. The number of aromatic amines is 1. The van der Waals surface area contributed by atoms with Gasteiger partial charge in [0.15, 0.2) is 5.69 Å². The molecule has 22 heavy (non-hydrogen) atoms. The number of fused-ring (bicyclic) bond motifs is 1. The second-order valence-electron chi connectivity index (χ2n) is 4.61. The second kappa shape index (κ2) is 5.69. The van der Waals surface area contributed by atoms with E-state index in [2.05, 4.69) is 15.3 Å². The van der Waals surface area contributed by atoms with Crippen LogP contribution >= 0.6 is 0 Å². The predicted molar refractivity (Wildman–Crippen MR) is 83.4 cm³/mol. The van der Waals surface area contributed by atoms with Gasteiger partial charge in [-0.3, -0.25) is 9.78 Å². The number of benzene rings is 1. The third-order valence-corrected chi connectivity index (χ3v) is 3.23. The number of H-pyrrole nitrogens is 1. The van der Waals surface area contributed by atoms with E-state index in [9.17, 15) is 9.59 Å². The van der Waals surface area contributed by atoms with Gasteiger partial charge in [0, 0.05) is 11.6 Å². The third kappa shape index (κ3) is 2.42. The lowest BCUT2D eigenvalue weighted by Crippen LogP contribution is -2.18. The van der Waals surface area contributed by atoms with Crippen molar-refractivity contribution in [3.8, 4) is 0 Å². The summed E-state index contributed by atoms with van der Waals surface area (Å²) >= 11 is 0. The summed E-state index contributed by atoms with van der Waals surface area (Å²) < 4.78 is 4.75. The Morgan fingerprint density at radius 1 is 1.23 bits per heavy atom. The molecule has 0 bridgehead atoms. The molecular weight excluding hydrogens is 282 g/mol. The molecule has 3 aromatic rings. The van der Waals surface area contributed by atoms with Crippen molar-refractivity contribution < 1.29 is 9.53 Å². The Bertz CT molecular complexity index is 888. The first kappa shape index (κ1) is 13.8. The maximum Gasteiger partial charge on any atom is 0.356 e. The lowest BCUT2D eigenvalue weighted by Gasteiger charge is -2.11. The van der Waals surface area contributed by atoms with E-state index in [1.165, 1.54) is 7.11 Å². The van der Waals surface area contributed by atoms with E-state index in [-0.39, 0.29) is 16.8 Å².